The Morgan fingerprint density at radius 1 is 0.525 bits per heavy atom. The zero-order chi connectivity index (χ0) is 70.2. The molecule has 14 rings (SSSR count). The Morgan fingerprint density at radius 3 is 1.52 bits per heavy atom. The van der Waals surface area contributed by atoms with Crippen molar-refractivity contribution in [2.24, 2.45) is 5.92 Å². The predicted molar refractivity (Wildman–Crippen MR) is 365 cm³/mol. The number of aromatic carboxylic acids is 1. The number of nitrogens with one attached hydrogen (secondary N) is 3. The zero-order valence-electron chi connectivity index (χ0n) is 57.9. The molecule has 0 bridgehead atoms. The first-order valence-corrected chi connectivity index (χ1v) is 35.3. The number of fused-ring (bicyclic) bond motifs is 5. The van der Waals surface area contributed by atoms with Gasteiger partial charge in [-0.05, 0) is 145 Å². The number of ketones is 2. The number of piperidine rings is 2. The molecule has 4 N–H and O–H groups in total. The number of imide groups is 2. The van der Waals surface area contributed by atoms with Crippen LogP contribution in [0.5, 0.6) is 0 Å². The van der Waals surface area contributed by atoms with Crippen LogP contribution in [-0.4, -0.2) is 264 Å². The molecule has 27 nitrogen and oxygen atoms in total. The molecule has 8 amide bonds. The molecule has 1 aliphatic carbocycles. The largest absolute Gasteiger partial charge is 0.478 e. The van der Waals surface area contributed by atoms with E-state index in [0.717, 1.165) is 120 Å². The van der Waals surface area contributed by atoms with Gasteiger partial charge in [-0.25, -0.2) is 14.4 Å². The monoisotopic (exact) mass is 1370 g/mol. The van der Waals surface area contributed by atoms with E-state index in [2.05, 4.69) is 57.5 Å². The minimum absolute atomic E-state index is 0.0372. The van der Waals surface area contributed by atoms with Crippen molar-refractivity contribution < 1.29 is 67.3 Å². The lowest BCUT2D eigenvalue weighted by molar-refractivity contribution is -0.138. The third kappa shape index (κ3) is 16.4. The van der Waals surface area contributed by atoms with E-state index in [1.165, 1.54) is 0 Å². The van der Waals surface area contributed by atoms with Crippen molar-refractivity contribution in [1.29, 1.82) is 0 Å². The first kappa shape index (κ1) is 70.3. The lowest BCUT2D eigenvalue weighted by atomic mass is 9.90. The van der Waals surface area contributed by atoms with Crippen molar-refractivity contribution in [2.75, 3.05) is 133 Å². The van der Waals surface area contributed by atoms with E-state index in [1.807, 2.05) is 77.9 Å². The highest BCUT2D eigenvalue weighted by molar-refractivity contribution is 6.08. The summed E-state index contributed by atoms with van der Waals surface area (Å²) in [4.78, 5) is 155. The first-order chi connectivity index (χ1) is 47.2. The van der Waals surface area contributed by atoms with Crippen molar-refractivity contribution >= 4 is 82.2 Å². The van der Waals surface area contributed by atoms with Gasteiger partial charge in [0, 0.05) is 202 Å². The quantitative estimate of drug-likeness (QED) is 0.175. The maximum absolute atomic E-state index is 13.0. The SMILES string of the molecule is CC(C)(C)OC(=O)N1CCN2CCN(c3ccc(C(=O)O)c(CCC4CCC(=O)NC4=O)c3)CC2C1.CC(C)(C)OC(=O)N1CCN2CCN(c3ccc4c(c3)CN(C3CCC(=O)CC3=O)C4=O)CC2C1.O=C1CCC(N2Cc3cc(N4CCN5CCNCC5C4)ccc3C2=O)C(=O)N1. The molecule has 3 aromatic rings. The lowest BCUT2D eigenvalue weighted by Crippen LogP contribution is -2.63. The summed E-state index contributed by atoms with van der Waals surface area (Å²) in [6, 6.07) is 17.2. The number of carboxylic acid groups (broad SMARTS) is 1. The highest BCUT2D eigenvalue weighted by Gasteiger charge is 2.43. The van der Waals surface area contributed by atoms with Gasteiger partial charge in [0.25, 0.3) is 11.8 Å². The number of carboxylic acids is 1. The van der Waals surface area contributed by atoms with Crippen LogP contribution in [0.15, 0.2) is 54.6 Å². The fraction of sp³-hybridized carbons (Fsp3) is 0.597. The molecule has 8 saturated heterocycles. The minimum Gasteiger partial charge on any atom is -0.478 e. The summed E-state index contributed by atoms with van der Waals surface area (Å²) in [5.41, 5.74) is 6.22. The van der Waals surface area contributed by atoms with E-state index in [-0.39, 0.29) is 95.6 Å². The Hall–Kier alpha value is -8.53. The molecule has 1 saturated carbocycles. The van der Waals surface area contributed by atoms with Crippen LogP contribution >= 0.6 is 0 Å². The number of carbonyl (C=O) groups is 11. The number of hydrogen-bond acceptors (Lipinski definition) is 20. The van der Waals surface area contributed by atoms with Gasteiger partial charge in [0.2, 0.25) is 23.6 Å². The van der Waals surface area contributed by atoms with E-state index in [4.69, 9.17) is 9.47 Å². The van der Waals surface area contributed by atoms with Crippen molar-refractivity contribution in [3.8, 4) is 0 Å². The smallest absolute Gasteiger partial charge is 0.410 e. The Morgan fingerprint density at radius 2 is 1.00 bits per heavy atom. The summed E-state index contributed by atoms with van der Waals surface area (Å²) in [5.74, 6) is -2.86. The van der Waals surface area contributed by atoms with Crippen LogP contribution in [0.2, 0.25) is 0 Å². The number of anilines is 3. The van der Waals surface area contributed by atoms with Crippen LogP contribution in [0.1, 0.15) is 141 Å². The van der Waals surface area contributed by atoms with Crippen molar-refractivity contribution in [3.05, 3.63) is 88.0 Å². The Labute approximate surface area is 577 Å². The standard InChI is InChI=1S/C26H36N4O6.C26H34N4O5.C20H25N5O3/c1-26(2,3)36-25(35)30-13-11-28-10-12-29(15-20(28)16-30)19-7-8-21(24(33)34)18(14-19)5-4-17-6-9-22(31)27-23(17)32;1-26(2,3)35-25(34)29-11-9-27-8-10-28(15-19(27)16-29)18-4-6-21-17(12-18)14-30(24(21)33)22-7-5-20(31)13-23(22)32;26-18-4-3-17(19(27)22-18)25-11-13-9-14(1-2-16(13)20(25)28)24-8-7-23-6-5-21-10-15(23)12-24/h7-8,14,17,20H,4-6,9-13,15-16H2,1-3H3,(H,33,34)(H,27,31,32);4,6,12,19,22H,5,7-11,13-16H2,1-3H3;1-2,9,15,17,21H,3-8,10-12H2,(H,22,26,27). The number of piperazine rings is 6. The summed E-state index contributed by atoms with van der Waals surface area (Å²) in [7, 11) is 0. The first-order valence-electron chi connectivity index (χ1n) is 35.3. The molecule has 9 fully saturated rings. The third-order valence-electron chi connectivity index (χ3n) is 21.0. The van der Waals surface area contributed by atoms with Gasteiger partial charge in [-0.15, -0.1) is 0 Å². The highest BCUT2D eigenvalue weighted by Crippen LogP contribution is 2.36. The Bertz CT molecular complexity index is 3680. The van der Waals surface area contributed by atoms with Gasteiger partial charge in [0.05, 0.1) is 18.0 Å². The summed E-state index contributed by atoms with van der Waals surface area (Å²) < 4.78 is 11.1. The van der Waals surface area contributed by atoms with Gasteiger partial charge in [-0.1, -0.05) is 0 Å². The molecule has 6 atom stereocenters. The van der Waals surface area contributed by atoms with Crippen molar-refractivity contribution in [3.63, 3.8) is 0 Å². The summed E-state index contributed by atoms with van der Waals surface area (Å²) in [5, 5.41) is 17.9. The molecule has 11 aliphatic rings. The molecule has 10 aliphatic heterocycles. The van der Waals surface area contributed by atoms with Crippen LogP contribution in [0, 0.1) is 5.92 Å². The molecule has 0 radical (unpaired) electrons. The molecule has 532 valence electrons. The topological polar surface area (TPSA) is 295 Å². The van der Waals surface area contributed by atoms with Crippen LogP contribution in [0.3, 0.4) is 0 Å². The fourth-order valence-electron chi connectivity index (χ4n) is 15.7. The molecular formula is C72H95N13O14. The molecule has 0 spiro atoms. The van der Waals surface area contributed by atoms with Crippen LogP contribution in [0.4, 0.5) is 26.7 Å². The average Bonchev–Trinajstić information content (AvgIpc) is 1.66. The highest BCUT2D eigenvalue weighted by atomic mass is 16.6. The lowest BCUT2D eigenvalue weighted by Gasteiger charge is -2.47. The number of hydrogen-bond donors (Lipinski definition) is 4. The summed E-state index contributed by atoms with van der Waals surface area (Å²) in [6.07, 6.45) is 2.57. The maximum atomic E-state index is 13.0. The van der Waals surface area contributed by atoms with E-state index >= 15 is 0 Å². The number of ether oxygens (including phenoxy) is 2. The number of rotatable bonds is 9. The van der Waals surface area contributed by atoms with Gasteiger partial charge in [0.1, 0.15) is 23.0 Å². The average molecular weight is 1370 g/mol. The summed E-state index contributed by atoms with van der Waals surface area (Å²) >= 11 is 0. The normalized spacial score (nSPS) is 25.5. The second kappa shape index (κ2) is 29.3. The van der Waals surface area contributed by atoms with E-state index in [9.17, 15) is 57.8 Å². The Kier molecular flexibility index (Phi) is 20.9. The van der Waals surface area contributed by atoms with Gasteiger partial charge in [0.15, 0.2) is 5.78 Å². The Balaban J connectivity index is 0.000000142. The molecular weight excluding hydrogens is 1270 g/mol. The van der Waals surface area contributed by atoms with E-state index < -0.39 is 29.3 Å². The van der Waals surface area contributed by atoms with Gasteiger partial charge < -0.3 is 54.2 Å². The molecule has 0 aromatic heterocycles. The summed E-state index contributed by atoms with van der Waals surface area (Å²) in [6.45, 7) is 27.4. The predicted octanol–water partition coefficient (Wildman–Crippen LogP) is 3.73. The molecule has 27 heteroatoms. The minimum atomic E-state index is -0.995. The van der Waals surface area contributed by atoms with Gasteiger partial charge in [-0.3, -0.25) is 63.7 Å². The van der Waals surface area contributed by atoms with Crippen molar-refractivity contribution in [2.45, 2.75) is 154 Å². The van der Waals surface area contributed by atoms with E-state index in [1.54, 1.807) is 25.7 Å². The van der Waals surface area contributed by atoms with Crippen LogP contribution < -0.4 is 30.7 Å². The van der Waals surface area contributed by atoms with Crippen LogP contribution in [-0.2, 0) is 57.8 Å². The maximum Gasteiger partial charge on any atom is 0.410 e. The van der Waals surface area contributed by atoms with E-state index in [0.29, 0.717) is 107 Å². The van der Waals surface area contributed by atoms with Gasteiger partial charge >= 0.3 is 18.2 Å². The fourth-order valence-corrected chi connectivity index (χ4v) is 15.7. The number of aryl methyl sites for hydroxylation is 1. The van der Waals surface area contributed by atoms with Crippen LogP contribution in [0.25, 0.3) is 0 Å². The number of carbonyl (C=O) groups excluding carboxylic acids is 10. The second-order valence-electron chi connectivity index (χ2n) is 30.0. The zero-order valence-corrected chi connectivity index (χ0v) is 57.9. The molecule has 99 heavy (non-hydrogen) atoms. The number of benzene rings is 3. The number of nitrogens with zero attached hydrogens (tertiary/aromatic N) is 10. The molecule has 3 aromatic carbocycles. The number of amides is 8. The molecule has 6 unspecified atom stereocenters. The second-order valence-corrected chi connectivity index (χ2v) is 30.0. The van der Waals surface area contributed by atoms with Gasteiger partial charge in [-0.2, -0.15) is 0 Å². The third-order valence-corrected chi connectivity index (χ3v) is 21.0. The number of Topliss-reactive ketones (excluding diaryl/α,β-unsaturated/α-hetero) is 2. The molecule has 10 heterocycles. The van der Waals surface area contributed by atoms with Crippen molar-refractivity contribution in [1.82, 2.24) is 50.2 Å².